The summed E-state index contributed by atoms with van der Waals surface area (Å²) < 4.78 is 0. The number of amides is 2. The zero-order chi connectivity index (χ0) is 22.5. The molecule has 1 aromatic heterocycles. The van der Waals surface area contributed by atoms with Crippen LogP contribution in [0.3, 0.4) is 0 Å². The molecule has 0 spiro atoms. The van der Waals surface area contributed by atoms with E-state index in [0.29, 0.717) is 16.4 Å². The number of anilines is 2. The molecule has 4 rings (SSSR count). The molecule has 0 saturated carbocycles. The van der Waals surface area contributed by atoms with Crippen molar-refractivity contribution in [1.82, 2.24) is 4.98 Å². The number of nitrogens with one attached hydrogen (secondary N) is 2. The van der Waals surface area contributed by atoms with Gasteiger partial charge >= 0.3 is 0 Å². The fourth-order valence-electron chi connectivity index (χ4n) is 3.22. The zero-order valence-corrected chi connectivity index (χ0v) is 18.8. The van der Waals surface area contributed by atoms with Gasteiger partial charge < -0.3 is 10.6 Å². The van der Waals surface area contributed by atoms with Gasteiger partial charge in [-0.3, -0.25) is 9.59 Å². The highest BCUT2D eigenvalue weighted by atomic mass is 35.5. The number of hydrogen-bond donors (Lipinski definition) is 2. The van der Waals surface area contributed by atoms with E-state index >= 15 is 0 Å². The van der Waals surface area contributed by atoms with Crippen LogP contribution in [0, 0.1) is 0 Å². The molecule has 0 aliphatic carbocycles. The molecule has 0 radical (unpaired) electrons. The Hall–Kier alpha value is -3.48. The minimum Gasteiger partial charge on any atom is -0.326 e. The molecule has 0 bridgehead atoms. The normalized spacial score (nSPS) is 10.6. The lowest BCUT2D eigenvalue weighted by molar-refractivity contribution is -0.116. The Bertz CT molecular complexity index is 1270. The number of rotatable bonds is 6. The summed E-state index contributed by atoms with van der Waals surface area (Å²) in [5.74, 6) is -0.251. The minimum atomic E-state index is -0.130. The van der Waals surface area contributed by atoms with Gasteiger partial charge in [-0.05, 0) is 35.9 Å². The van der Waals surface area contributed by atoms with Gasteiger partial charge in [0.1, 0.15) is 5.01 Å². The number of carbonyl (C=O) groups is 2. The zero-order valence-electron chi connectivity index (χ0n) is 17.3. The Morgan fingerprint density at radius 2 is 1.72 bits per heavy atom. The summed E-state index contributed by atoms with van der Waals surface area (Å²) in [6, 6.07) is 22.4. The van der Waals surface area contributed by atoms with E-state index in [-0.39, 0.29) is 18.2 Å². The van der Waals surface area contributed by atoms with Gasteiger partial charge in [0, 0.05) is 34.8 Å². The maximum Gasteiger partial charge on any atom is 0.228 e. The maximum atomic E-state index is 12.5. The van der Waals surface area contributed by atoms with Crippen molar-refractivity contribution in [1.29, 1.82) is 0 Å². The predicted octanol–water partition coefficient (Wildman–Crippen LogP) is 6.27. The highest BCUT2D eigenvalue weighted by molar-refractivity contribution is 7.13. The number of benzene rings is 3. The van der Waals surface area contributed by atoms with Crippen molar-refractivity contribution in [3.63, 3.8) is 0 Å². The average Bonchev–Trinajstić information content (AvgIpc) is 3.25. The Labute approximate surface area is 195 Å². The Morgan fingerprint density at radius 3 is 2.47 bits per heavy atom. The summed E-state index contributed by atoms with van der Waals surface area (Å²) in [6.07, 6.45) is 0.234. The highest BCUT2D eigenvalue weighted by Crippen LogP contribution is 2.33. The summed E-state index contributed by atoms with van der Waals surface area (Å²) in [4.78, 5) is 28.3. The van der Waals surface area contributed by atoms with Gasteiger partial charge in [0.2, 0.25) is 11.8 Å². The summed E-state index contributed by atoms with van der Waals surface area (Å²) >= 11 is 7.82. The van der Waals surface area contributed by atoms with E-state index in [2.05, 4.69) is 10.6 Å². The first-order valence-electron chi connectivity index (χ1n) is 9.95. The van der Waals surface area contributed by atoms with Gasteiger partial charge in [0.25, 0.3) is 0 Å². The third kappa shape index (κ3) is 5.41. The van der Waals surface area contributed by atoms with Crippen LogP contribution in [0.2, 0.25) is 5.02 Å². The molecule has 0 aliphatic rings. The van der Waals surface area contributed by atoms with Crippen molar-refractivity contribution in [3.8, 4) is 21.8 Å². The van der Waals surface area contributed by atoms with E-state index in [0.717, 1.165) is 27.4 Å². The molecule has 4 aromatic rings. The van der Waals surface area contributed by atoms with Crippen molar-refractivity contribution in [2.24, 2.45) is 0 Å². The van der Waals surface area contributed by atoms with E-state index in [1.807, 2.05) is 66.0 Å². The van der Waals surface area contributed by atoms with Crippen molar-refractivity contribution < 1.29 is 9.59 Å². The Balaban J connectivity index is 1.44. The maximum absolute atomic E-state index is 12.5. The summed E-state index contributed by atoms with van der Waals surface area (Å²) in [5.41, 5.74) is 4.91. The van der Waals surface area contributed by atoms with E-state index in [9.17, 15) is 9.59 Å². The molecule has 1 heterocycles. The number of thiazole rings is 1. The SMILES string of the molecule is CC(=O)Nc1ccc(CC(=O)Nc2cccc(-c3csc(-c4ccccc4Cl)n3)c2)cc1. The second-order valence-electron chi connectivity index (χ2n) is 7.20. The quantitative estimate of drug-likeness (QED) is 0.355. The van der Waals surface area contributed by atoms with E-state index in [1.165, 1.54) is 18.3 Å². The fraction of sp³-hybridized carbons (Fsp3) is 0.0800. The van der Waals surface area contributed by atoms with Crippen LogP contribution in [0.4, 0.5) is 11.4 Å². The molecule has 0 unspecified atom stereocenters. The van der Waals surface area contributed by atoms with E-state index < -0.39 is 0 Å². The summed E-state index contributed by atoms with van der Waals surface area (Å²) in [6.45, 7) is 1.46. The number of hydrogen-bond acceptors (Lipinski definition) is 4. The van der Waals surface area contributed by atoms with Crippen molar-refractivity contribution >= 4 is 46.1 Å². The molecule has 0 aliphatic heterocycles. The van der Waals surface area contributed by atoms with Crippen LogP contribution >= 0.6 is 22.9 Å². The van der Waals surface area contributed by atoms with Gasteiger partial charge in [-0.2, -0.15) is 0 Å². The van der Waals surface area contributed by atoms with Crippen molar-refractivity contribution in [2.45, 2.75) is 13.3 Å². The lowest BCUT2D eigenvalue weighted by Gasteiger charge is -2.08. The van der Waals surface area contributed by atoms with Crippen LogP contribution in [0.25, 0.3) is 21.8 Å². The molecule has 2 amide bonds. The smallest absolute Gasteiger partial charge is 0.228 e. The van der Waals surface area contributed by atoms with Crippen LogP contribution < -0.4 is 10.6 Å². The second kappa shape index (κ2) is 9.77. The monoisotopic (exact) mass is 461 g/mol. The van der Waals surface area contributed by atoms with Crippen LogP contribution in [0.15, 0.2) is 78.2 Å². The standard InChI is InChI=1S/C25H20ClN3O2S/c1-16(30)27-19-11-9-17(10-12-19)13-24(31)28-20-6-4-5-18(14-20)23-15-32-25(29-23)21-7-2-3-8-22(21)26/h2-12,14-15H,13H2,1H3,(H,27,30)(H,28,31). The molecule has 2 N–H and O–H groups in total. The topological polar surface area (TPSA) is 71.1 Å². The number of nitrogens with zero attached hydrogens (tertiary/aromatic N) is 1. The lowest BCUT2D eigenvalue weighted by Crippen LogP contribution is -2.14. The second-order valence-corrected chi connectivity index (χ2v) is 8.47. The van der Waals surface area contributed by atoms with Gasteiger partial charge in [-0.15, -0.1) is 11.3 Å². The Kier molecular flexibility index (Phi) is 6.63. The van der Waals surface area contributed by atoms with Gasteiger partial charge in [0.15, 0.2) is 0 Å². The van der Waals surface area contributed by atoms with Crippen molar-refractivity contribution in [3.05, 3.63) is 88.8 Å². The third-order valence-electron chi connectivity index (χ3n) is 4.69. The first kappa shape index (κ1) is 21.7. The average molecular weight is 462 g/mol. The molecule has 160 valence electrons. The molecule has 7 heteroatoms. The van der Waals surface area contributed by atoms with Crippen LogP contribution in [0.5, 0.6) is 0 Å². The van der Waals surface area contributed by atoms with Crippen molar-refractivity contribution in [2.75, 3.05) is 10.6 Å². The molecule has 0 atom stereocenters. The van der Waals surface area contributed by atoms with Crippen LogP contribution in [-0.2, 0) is 16.0 Å². The summed E-state index contributed by atoms with van der Waals surface area (Å²) in [5, 5.41) is 9.15. The number of carbonyl (C=O) groups excluding carboxylic acids is 2. The lowest BCUT2D eigenvalue weighted by atomic mass is 10.1. The first-order valence-corrected chi connectivity index (χ1v) is 11.2. The minimum absolute atomic E-state index is 0.121. The number of halogens is 1. The molecule has 3 aromatic carbocycles. The van der Waals surface area contributed by atoms with Crippen LogP contribution in [0.1, 0.15) is 12.5 Å². The highest BCUT2D eigenvalue weighted by Gasteiger charge is 2.11. The van der Waals surface area contributed by atoms with Gasteiger partial charge in [-0.25, -0.2) is 4.98 Å². The van der Waals surface area contributed by atoms with Gasteiger partial charge in [0.05, 0.1) is 17.1 Å². The molecule has 0 fully saturated rings. The fourth-order valence-corrected chi connectivity index (χ4v) is 4.37. The van der Waals surface area contributed by atoms with E-state index in [1.54, 1.807) is 12.1 Å². The molecule has 0 saturated heterocycles. The first-order chi connectivity index (χ1) is 15.5. The molecule has 32 heavy (non-hydrogen) atoms. The van der Waals surface area contributed by atoms with Crippen LogP contribution in [-0.4, -0.2) is 16.8 Å². The third-order valence-corrected chi connectivity index (χ3v) is 5.89. The number of aromatic nitrogens is 1. The Morgan fingerprint density at radius 1 is 0.938 bits per heavy atom. The summed E-state index contributed by atoms with van der Waals surface area (Å²) in [7, 11) is 0. The van der Waals surface area contributed by atoms with E-state index in [4.69, 9.17) is 16.6 Å². The predicted molar refractivity (Wildman–Crippen MR) is 131 cm³/mol. The molecular weight excluding hydrogens is 442 g/mol. The largest absolute Gasteiger partial charge is 0.326 e. The molecule has 5 nitrogen and oxygen atoms in total. The molecular formula is C25H20ClN3O2S. The van der Waals surface area contributed by atoms with Gasteiger partial charge in [-0.1, -0.05) is 54.1 Å².